The molecule has 0 aliphatic heterocycles. The summed E-state index contributed by atoms with van der Waals surface area (Å²) in [6.45, 7) is 13.5. The van der Waals surface area contributed by atoms with Crippen molar-refractivity contribution in [2.75, 3.05) is 6.23 Å². The highest BCUT2D eigenvalue weighted by molar-refractivity contribution is 6.89. The van der Waals surface area contributed by atoms with E-state index in [9.17, 15) is 0 Å². The van der Waals surface area contributed by atoms with Crippen LogP contribution in [0.2, 0.25) is 13.1 Å². The molecular weight excluding hydrogens is 464 g/mol. The number of hydrogen-bond acceptors (Lipinski definition) is 1. The van der Waals surface area contributed by atoms with Crippen LogP contribution < -0.4 is 9.92 Å². The van der Waals surface area contributed by atoms with Crippen molar-refractivity contribution in [3.63, 3.8) is 0 Å². The lowest BCUT2D eigenvalue weighted by Gasteiger charge is -2.24. The van der Waals surface area contributed by atoms with Crippen LogP contribution in [0.1, 0.15) is 52.5 Å². The summed E-state index contributed by atoms with van der Waals surface area (Å²) in [5.41, 5.74) is 3.94. The van der Waals surface area contributed by atoms with Crippen LogP contribution in [0, 0.1) is 23.2 Å². The summed E-state index contributed by atoms with van der Waals surface area (Å²) in [6, 6.07) is 28.4. The Labute approximate surface area is 227 Å². The zero-order valence-electron chi connectivity index (χ0n) is 23.7. The van der Waals surface area contributed by atoms with Crippen LogP contribution in [-0.2, 0) is 6.42 Å². The van der Waals surface area contributed by atoms with Crippen LogP contribution in [-0.4, -0.2) is 14.3 Å². The normalized spacial score (nSPS) is 12.7. The van der Waals surface area contributed by atoms with Gasteiger partial charge in [-0.2, -0.15) is 0 Å². The number of allylic oxidation sites excluding steroid dienone is 2. The molecular formula is C35H44OSi. The number of rotatable bonds is 11. The molecule has 0 bridgehead atoms. The Morgan fingerprint density at radius 2 is 1.59 bits per heavy atom. The van der Waals surface area contributed by atoms with Gasteiger partial charge in [0, 0.05) is 5.41 Å². The molecule has 0 amide bonds. The van der Waals surface area contributed by atoms with E-state index in [2.05, 4.69) is 138 Å². The van der Waals surface area contributed by atoms with Gasteiger partial charge in [0.15, 0.2) is 0 Å². The average molecular weight is 509 g/mol. The van der Waals surface area contributed by atoms with Crippen molar-refractivity contribution >= 4 is 13.3 Å². The van der Waals surface area contributed by atoms with Gasteiger partial charge in [-0.1, -0.05) is 123 Å². The van der Waals surface area contributed by atoms with Gasteiger partial charge in [-0.3, -0.25) is 0 Å². The molecule has 0 aliphatic carbocycles. The summed E-state index contributed by atoms with van der Waals surface area (Å²) < 4.78 is 6.40. The predicted molar refractivity (Wildman–Crippen MR) is 164 cm³/mol. The largest absolute Gasteiger partial charge is 0.497 e. The summed E-state index contributed by atoms with van der Waals surface area (Å²) in [4.78, 5) is 0. The van der Waals surface area contributed by atoms with E-state index in [0.717, 1.165) is 24.8 Å². The molecule has 0 spiro atoms. The molecule has 1 unspecified atom stereocenters. The van der Waals surface area contributed by atoms with Gasteiger partial charge in [-0.15, -0.1) is 0 Å². The van der Waals surface area contributed by atoms with E-state index in [-0.39, 0.29) is 5.41 Å². The Morgan fingerprint density at radius 1 is 0.892 bits per heavy atom. The molecule has 3 rings (SSSR count). The summed E-state index contributed by atoms with van der Waals surface area (Å²) in [5.74, 6) is 8.10. The second-order valence-electron chi connectivity index (χ2n) is 11.8. The zero-order chi connectivity index (χ0) is 26.7. The summed E-state index contributed by atoms with van der Waals surface area (Å²) in [7, 11) is -1.73. The summed E-state index contributed by atoms with van der Waals surface area (Å²) in [6.07, 6.45) is 9.62. The first kappa shape index (κ1) is 28.5. The average Bonchev–Trinajstić information content (AvgIpc) is 2.88. The molecule has 0 radical (unpaired) electrons. The minimum Gasteiger partial charge on any atom is -0.497 e. The summed E-state index contributed by atoms with van der Waals surface area (Å²) >= 11 is 0. The molecule has 0 heterocycles. The molecule has 3 aromatic carbocycles. The van der Waals surface area contributed by atoms with E-state index >= 15 is 0 Å². The molecule has 3 aromatic rings. The van der Waals surface area contributed by atoms with Crippen LogP contribution in [0.15, 0.2) is 91.0 Å². The zero-order valence-corrected chi connectivity index (χ0v) is 24.7. The van der Waals surface area contributed by atoms with Crippen molar-refractivity contribution in [1.29, 1.82) is 0 Å². The van der Waals surface area contributed by atoms with Crippen molar-refractivity contribution in [3.05, 3.63) is 96.6 Å². The van der Waals surface area contributed by atoms with Crippen LogP contribution in [0.5, 0.6) is 5.75 Å². The van der Waals surface area contributed by atoms with Gasteiger partial charge >= 0.3 is 0 Å². The fourth-order valence-electron chi connectivity index (χ4n) is 4.48. The summed E-state index contributed by atoms with van der Waals surface area (Å²) in [5, 5.41) is 1.42. The van der Waals surface area contributed by atoms with Gasteiger partial charge in [0.25, 0.3) is 0 Å². The maximum absolute atomic E-state index is 6.40. The number of benzene rings is 3. The Morgan fingerprint density at radius 3 is 2.27 bits per heavy atom. The third-order valence-corrected chi connectivity index (χ3v) is 9.37. The van der Waals surface area contributed by atoms with Crippen molar-refractivity contribution in [2.45, 2.75) is 66.5 Å². The van der Waals surface area contributed by atoms with Crippen molar-refractivity contribution < 1.29 is 4.74 Å². The molecule has 2 heteroatoms. The Kier molecular flexibility index (Phi) is 10.4. The van der Waals surface area contributed by atoms with Gasteiger partial charge in [-0.05, 0) is 74.4 Å². The van der Waals surface area contributed by atoms with Crippen LogP contribution in [0.25, 0.3) is 11.1 Å². The van der Waals surface area contributed by atoms with E-state index in [1.807, 2.05) is 6.08 Å². The minimum absolute atomic E-state index is 0.0522. The second-order valence-corrected chi connectivity index (χ2v) is 16.4. The molecule has 1 atom stereocenters. The minimum atomic E-state index is -1.73. The Hall–Kier alpha value is -3.02. The third-order valence-electron chi connectivity index (χ3n) is 6.61. The molecule has 0 saturated carbocycles. The van der Waals surface area contributed by atoms with Gasteiger partial charge < -0.3 is 4.74 Å². The Balaban J connectivity index is 1.59. The van der Waals surface area contributed by atoms with E-state index in [1.54, 1.807) is 0 Å². The van der Waals surface area contributed by atoms with Crippen LogP contribution in [0.3, 0.4) is 0 Å². The first-order valence-corrected chi connectivity index (χ1v) is 16.9. The van der Waals surface area contributed by atoms with Gasteiger partial charge in [0.2, 0.25) is 0 Å². The SMILES string of the molecule is CCCC(C/C=C/C#CC(C)(C)C)Cc1cccc(OC[Si](C)(C)c2ccc(-c3ccccc3)cc2)c1. The molecule has 0 aliphatic rings. The maximum atomic E-state index is 6.40. The topological polar surface area (TPSA) is 9.23 Å². The van der Waals surface area contributed by atoms with Crippen LogP contribution >= 0.6 is 0 Å². The van der Waals surface area contributed by atoms with Gasteiger partial charge in [0.05, 0.1) is 6.23 Å². The lowest BCUT2D eigenvalue weighted by molar-refractivity contribution is 0.378. The smallest absolute Gasteiger partial charge is 0.124 e. The molecule has 1 nitrogen and oxygen atoms in total. The third kappa shape index (κ3) is 9.75. The quantitative estimate of drug-likeness (QED) is 0.186. The molecule has 0 aromatic heterocycles. The lowest BCUT2D eigenvalue weighted by Crippen LogP contribution is -2.47. The maximum Gasteiger partial charge on any atom is 0.124 e. The van der Waals surface area contributed by atoms with E-state index < -0.39 is 8.07 Å². The van der Waals surface area contributed by atoms with Crippen molar-refractivity contribution in [2.24, 2.45) is 11.3 Å². The van der Waals surface area contributed by atoms with Crippen molar-refractivity contribution in [3.8, 4) is 28.7 Å². The molecule has 0 N–H and O–H groups in total. The second kappa shape index (κ2) is 13.5. The van der Waals surface area contributed by atoms with Crippen molar-refractivity contribution in [1.82, 2.24) is 0 Å². The van der Waals surface area contributed by atoms with Gasteiger partial charge in [-0.25, -0.2) is 0 Å². The monoisotopic (exact) mass is 508 g/mol. The van der Waals surface area contributed by atoms with E-state index in [4.69, 9.17) is 4.74 Å². The standard InChI is InChI=1S/C35H44OSi/c1-7-15-29(16-10-9-13-25-35(2,3)4)26-30-17-14-20-33(27-30)36-28-37(5,6)34-23-21-32(22-24-34)31-18-11-8-12-19-31/h8-12,14,17-24,27,29H,7,15-16,26,28H2,1-6H3/b10-9+. The molecule has 0 saturated heterocycles. The first-order valence-electron chi connectivity index (χ1n) is 13.7. The van der Waals surface area contributed by atoms with E-state index in [1.165, 1.54) is 34.7 Å². The highest BCUT2D eigenvalue weighted by Gasteiger charge is 2.25. The van der Waals surface area contributed by atoms with Crippen LogP contribution in [0.4, 0.5) is 0 Å². The molecule has 194 valence electrons. The van der Waals surface area contributed by atoms with Gasteiger partial charge in [0.1, 0.15) is 13.8 Å². The van der Waals surface area contributed by atoms with E-state index in [0.29, 0.717) is 5.92 Å². The predicted octanol–water partition coefficient (Wildman–Crippen LogP) is 8.84. The number of ether oxygens (including phenoxy) is 1. The first-order chi connectivity index (χ1) is 17.7. The highest BCUT2D eigenvalue weighted by atomic mass is 28.3. The number of hydrogen-bond donors (Lipinski definition) is 0. The molecule has 37 heavy (non-hydrogen) atoms. The molecule has 0 fully saturated rings. The lowest BCUT2D eigenvalue weighted by atomic mass is 9.92. The highest BCUT2D eigenvalue weighted by Crippen LogP contribution is 2.23. The fraction of sp³-hybridized carbons (Fsp3) is 0.371. The fourth-order valence-corrected chi connectivity index (χ4v) is 6.24. The Bertz CT molecular complexity index is 1190.